The van der Waals surface area contributed by atoms with Crippen LogP contribution in [0.15, 0.2) is 18.2 Å². The summed E-state index contributed by atoms with van der Waals surface area (Å²) in [6, 6.07) is 4.05. The summed E-state index contributed by atoms with van der Waals surface area (Å²) in [6.07, 6.45) is 0. The number of amides is 2. The number of halogens is 2. The summed E-state index contributed by atoms with van der Waals surface area (Å²) in [4.78, 5) is 11.2. The molecule has 2 amide bonds. The number of carbonyl (C=O) groups is 1. The number of aromatic hydroxyl groups is 1. The van der Waals surface area contributed by atoms with E-state index in [1.165, 1.54) is 12.1 Å². The van der Waals surface area contributed by atoms with Gasteiger partial charge in [-0.15, -0.1) is 17.0 Å². The normalized spacial score (nSPS) is 9.12. The minimum absolute atomic E-state index is 0. The highest BCUT2D eigenvalue weighted by Crippen LogP contribution is 2.25. The molecule has 1 rings (SSSR count). The fourth-order valence-electron chi connectivity index (χ4n) is 0.946. The maximum absolute atomic E-state index is 11.2. The number of phenolic OH excluding ortho intramolecular Hbond substituents is 1. The molecular formula is C9H13BrClN3O2. The van der Waals surface area contributed by atoms with Crippen molar-refractivity contribution in [3.8, 4) is 5.75 Å². The van der Waals surface area contributed by atoms with E-state index in [4.69, 9.17) is 22.4 Å². The lowest BCUT2D eigenvalue weighted by atomic mass is 10.3. The van der Waals surface area contributed by atoms with Gasteiger partial charge in [-0.1, -0.05) is 11.6 Å². The molecule has 5 nitrogen and oxygen atoms in total. The van der Waals surface area contributed by atoms with Crippen molar-refractivity contribution in [2.45, 2.75) is 0 Å². The van der Waals surface area contributed by atoms with E-state index >= 15 is 0 Å². The maximum Gasteiger partial charge on any atom is 0.319 e. The lowest BCUT2D eigenvalue weighted by molar-refractivity contribution is 0.252. The van der Waals surface area contributed by atoms with Gasteiger partial charge in [-0.2, -0.15) is 0 Å². The van der Waals surface area contributed by atoms with Crippen LogP contribution in [-0.4, -0.2) is 24.2 Å². The number of carbonyl (C=O) groups excluding carboxylic acids is 1. The third-order valence-corrected chi connectivity index (χ3v) is 1.94. The van der Waals surface area contributed by atoms with Gasteiger partial charge in [0.25, 0.3) is 0 Å². The summed E-state index contributed by atoms with van der Waals surface area (Å²) < 4.78 is 0. The Bertz CT molecular complexity index is 363. The molecular weight excluding hydrogens is 297 g/mol. The molecule has 0 aromatic heterocycles. The van der Waals surface area contributed by atoms with Crippen LogP contribution < -0.4 is 16.4 Å². The van der Waals surface area contributed by atoms with E-state index in [1.807, 2.05) is 0 Å². The second-order valence-electron chi connectivity index (χ2n) is 2.84. The van der Waals surface area contributed by atoms with E-state index in [0.29, 0.717) is 18.8 Å². The van der Waals surface area contributed by atoms with Crippen molar-refractivity contribution in [3.05, 3.63) is 23.2 Å². The zero-order valence-electron chi connectivity index (χ0n) is 8.37. The number of hydrogen-bond donors (Lipinski definition) is 4. The molecule has 0 unspecified atom stereocenters. The minimum Gasteiger partial charge on any atom is -0.506 e. The van der Waals surface area contributed by atoms with Crippen molar-refractivity contribution in [1.82, 2.24) is 5.32 Å². The van der Waals surface area contributed by atoms with Crippen molar-refractivity contribution < 1.29 is 9.90 Å². The summed E-state index contributed by atoms with van der Waals surface area (Å²) in [5, 5.41) is 14.4. The minimum atomic E-state index is -0.359. The molecule has 0 saturated heterocycles. The van der Waals surface area contributed by atoms with Gasteiger partial charge in [0.05, 0.1) is 5.02 Å². The van der Waals surface area contributed by atoms with Gasteiger partial charge in [0.1, 0.15) is 5.75 Å². The molecule has 1 aromatic carbocycles. The largest absolute Gasteiger partial charge is 0.506 e. The number of anilines is 1. The first-order chi connectivity index (χ1) is 7.13. The molecule has 0 heterocycles. The van der Waals surface area contributed by atoms with Gasteiger partial charge in [-0.3, -0.25) is 0 Å². The van der Waals surface area contributed by atoms with Crippen LogP contribution in [0.25, 0.3) is 0 Å². The van der Waals surface area contributed by atoms with Crippen molar-refractivity contribution in [3.63, 3.8) is 0 Å². The highest BCUT2D eigenvalue weighted by molar-refractivity contribution is 8.93. The quantitative estimate of drug-likeness (QED) is 0.641. The number of phenols is 1. The van der Waals surface area contributed by atoms with Gasteiger partial charge in [0.15, 0.2) is 0 Å². The zero-order valence-corrected chi connectivity index (χ0v) is 10.8. The van der Waals surface area contributed by atoms with Crippen LogP contribution in [0.1, 0.15) is 0 Å². The molecule has 0 aliphatic rings. The number of urea groups is 1. The lowest BCUT2D eigenvalue weighted by Crippen LogP contribution is -2.32. The van der Waals surface area contributed by atoms with E-state index in [1.54, 1.807) is 6.07 Å². The molecule has 0 radical (unpaired) electrons. The molecule has 0 aliphatic heterocycles. The third kappa shape index (κ3) is 4.69. The molecule has 16 heavy (non-hydrogen) atoms. The predicted octanol–water partition coefficient (Wildman–Crippen LogP) is 1.70. The highest BCUT2D eigenvalue weighted by atomic mass is 79.9. The molecule has 0 spiro atoms. The van der Waals surface area contributed by atoms with Gasteiger partial charge in [0, 0.05) is 18.8 Å². The standard InChI is InChI=1S/C9H12ClN3O2.BrH/c10-7-5-6(1-2-8(7)14)13-9(15)12-4-3-11;/h1-2,5,14H,3-4,11H2,(H2,12,13,15);1H. The van der Waals surface area contributed by atoms with E-state index in [0.717, 1.165) is 0 Å². The Hall–Kier alpha value is -0.980. The molecule has 0 aliphatic carbocycles. The molecule has 0 bridgehead atoms. The van der Waals surface area contributed by atoms with Gasteiger partial charge in [-0.05, 0) is 18.2 Å². The molecule has 7 heteroatoms. The van der Waals surface area contributed by atoms with E-state index in [9.17, 15) is 4.79 Å². The first-order valence-corrected chi connectivity index (χ1v) is 4.74. The van der Waals surface area contributed by atoms with Crippen LogP contribution in [0, 0.1) is 0 Å². The summed E-state index contributed by atoms with van der Waals surface area (Å²) in [5.74, 6) is -0.0235. The fraction of sp³-hybridized carbons (Fsp3) is 0.222. The Labute approximate surface area is 109 Å². The van der Waals surface area contributed by atoms with Crippen molar-refractivity contribution in [2.24, 2.45) is 5.73 Å². The Kier molecular flexibility index (Phi) is 6.87. The summed E-state index contributed by atoms with van der Waals surface area (Å²) in [5.41, 5.74) is 5.72. The smallest absolute Gasteiger partial charge is 0.319 e. The van der Waals surface area contributed by atoms with Crippen LogP contribution in [0.2, 0.25) is 5.02 Å². The Morgan fingerprint density at radius 1 is 1.50 bits per heavy atom. The van der Waals surface area contributed by atoms with Crippen LogP contribution in [0.5, 0.6) is 5.75 Å². The Morgan fingerprint density at radius 3 is 2.75 bits per heavy atom. The topological polar surface area (TPSA) is 87.4 Å². The van der Waals surface area contributed by atoms with E-state index < -0.39 is 0 Å². The van der Waals surface area contributed by atoms with Crippen LogP contribution in [-0.2, 0) is 0 Å². The number of benzene rings is 1. The fourth-order valence-corrected chi connectivity index (χ4v) is 1.13. The molecule has 0 atom stereocenters. The predicted molar refractivity (Wildman–Crippen MR) is 69.5 cm³/mol. The average Bonchev–Trinajstić information content (AvgIpc) is 2.20. The van der Waals surface area contributed by atoms with Crippen LogP contribution in [0.4, 0.5) is 10.5 Å². The summed E-state index contributed by atoms with van der Waals surface area (Å²) in [6.45, 7) is 0.779. The first-order valence-electron chi connectivity index (χ1n) is 4.37. The second-order valence-corrected chi connectivity index (χ2v) is 3.24. The van der Waals surface area contributed by atoms with Gasteiger partial charge >= 0.3 is 6.03 Å². The number of rotatable bonds is 3. The summed E-state index contributed by atoms with van der Waals surface area (Å²) in [7, 11) is 0. The van der Waals surface area contributed by atoms with E-state index in [2.05, 4.69) is 10.6 Å². The molecule has 0 fully saturated rings. The molecule has 5 N–H and O–H groups in total. The SMILES string of the molecule is Br.NCCNC(=O)Nc1ccc(O)c(Cl)c1. The zero-order chi connectivity index (χ0) is 11.3. The number of hydrogen-bond acceptors (Lipinski definition) is 3. The monoisotopic (exact) mass is 309 g/mol. The van der Waals surface area contributed by atoms with Gasteiger partial charge in [-0.25, -0.2) is 4.79 Å². The van der Waals surface area contributed by atoms with Gasteiger partial charge < -0.3 is 21.5 Å². The van der Waals surface area contributed by atoms with Crippen molar-refractivity contribution in [1.29, 1.82) is 0 Å². The molecule has 0 saturated carbocycles. The Morgan fingerprint density at radius 2 is 2.19 bits per heavy atom. The van der Waals surface area contributed by atoms with Crippen molar-refractivity contribution in [2.75, 3.05) is 18.4 Å². The maximum atomic E-state index is 11.2. The number of nitrogens with one attached hydrogen (secondary N) is 2. The second kappa shape index (κ2) is 7.32. The average molecular weight is 311 g/mol. The van der Waals surface area contributed by atoms with Crippen LogP contribution >= 0.6 is 28.6 Å². The Balaban J connectivity index is 0.00000225. The number of nitrogens with two attached hydrogens (primary N) is 1. The summed E-state index contributed by atoms with van der Waals surface area (Å²) >= 11 is 5.66. The van der Waals surface area contributed by atoms with E-state index in [-0.39, 0.29) is 33.8 Å². The van der Waals surface area contributed by atoms with Crippen LogP contribution in [0.3, 0.4) is 0 Å². The van der Waals surface area contributed by atoms with Crippen molar-refractivity contribution >= 4 is 40.3 Å². The van der Waals surface area contributed by atoms with Gasteiger partial charge in [0.2, 0.25) is 0 Å². The first kappa shape index (κ1) is 15.0. The lowest BCUT2D eigenvalue weighted by Gasteiger charge is -2.07. The highest BCUT2D eigenvalue weighted by Gasteiger charge is 2.03. The molecule has 1 aromatic rings. The molecule has 90 valence electrons. The third-order valence-electron chi connectivity index (χ3n) is 1.64.